The predicted molar refractivity (Wildman–Crippen MR) is 48.7 cm³/mol. The summed E-state index contributed by atoms with van der Waals surface area (Å²) in [6.07, 6.45) is 0. The minimum Gasteiger partial charge on any atom is -0.475 e. The van der Waals surface area contributed by atoms with E-state index in [2.05, 4.69) is 25.6 Å². The molecule has 66 valence electrons. The normalized spacial score (nSPS) is 10.5. The van der Waals surface area contributed by atoms with Gasteiger partial charge in [0.15, 0.2) is 0 Å². The van der Waals surface area contributed by atoms with Crippen molar-refractivity contribution in [3.63, 3.8) is 0 Å². The SMILES string of the molecule is O=C(O)c1onc2ccc(Br)cc12. The van der Waals surface area contributed by atoms with Gasteiger partial charge in [-0.25, -0.2) is 4.79 Å². The van der Waals surface area contributed by atoms with E-state index in [1.807, 2.05) is 0 Å². The molecule has 0 radical (unpaired) electrons. The van der Waals surface area contributed by atoms with Crippen molar-refractivity contribution in [3.05, 3.63) is 28.4 Å². The third-order valence-electron chi connectivity index (χ3n) is 1.63. The van der Waals surface area contributed by atoms with Crippen LogP contribution >= 0.6 is 15.9 Å². The summed E-state index contributed by atoms with van der Waals surface area (Å²) in [6.45, 7) is 0. The maximum Gasteiger partial charge on any atom is 0.375 e. The van der Waals surface area contributed by atoms with E-state index in [4.69, 9.17) is 5.11 Å². The molecule has 0 aliphatic carbocycles. The van der Waals surface area contributed by atoms with Crippen LogP contribution in [0.1, 0.15) is 10.6 Å². The lowest BCUT2D eigenvalue weighted by Gasteiger charge is -1.89. The first-order valence-corrected chi connectivity index (χ1v) is 4.26. The molecule has 1 N–H and O–H groups in total. The van der Waals surface area contributed by atoms with Gasteiger partial charge in [-0.05, 0) is 18.2 Å². The van der Waals surface area contributed by atoms with E-state index in [0.717, 1.165) is 4.47 Å². The molecule has 0 unspecified atom stereocenters. The molecule has 4 nitrogen and oxygen atoms in total. The van der Waals surface area contributed by atoms with E-state index in [0.29, 0.717) is 10.9 Å². The molecule has 1 heterocycles. The predicted octanol–water partition coefficient (Wildman–Crippen LogP) is 2.29. The molecule has 0 aliphatic rings. The minimum absolute atomic E-state index is 0.128. The zero-order valence-electron chi connectivity index (χ0n) is 6.32. The summed E-state index contributed by atoms with van der Waals surface area (Å²) in [5.41, 5.74) is 0.542. The average Bonchev–Trinajstić information content (AvgIpc) is 2.46. The van der Waals surface area contributed by atoms with Gasteiger partial charge >= 0.3 is 5.97 Å². The first kappa shape index (κ1) is 8.25. The van der Waals surface area contributed by atoms with Crippen LogP contribution in [0.25, 0.3) is 10.9 Å². The Balaban J connectivity index is 2.79. The fourth-order valence-corrected chi connectivity index (χ4v) is 1.43. The van der Waals surface area contributed by atoms with Crippen LogP contribution < -0.4 is 0 Å². The summed E-state index contributed by atoms with van der Waals surface area (Å²) >= 11 is 3.24. The van der Waals surface area contributed by atoms with E-state index in [1.165, 1.54) is 0 Å². The van der Waals surface area contributed by atoms with Crippen molar-refractivity contribution >= 4 is 32.8 Å². The molecule has 0 amide bonds. The van der Waals surface area contributed by atoms with Crippen molar-refractivity contribution in [3.8, 4) is 0 Å². The molecule has 1 aromatic heterocycles. The van der Waals surface area contributed by atoms with Crippen LogP contribution in [0.4, 0.5) is 0 Å². The number of aromatic nitrogens is 1. The van der Waals surface area contributed by atoms with E-state index in [-0.39, 0.29) is 5.76 Å². The molecule has 2 rings (SSSR count). The third kappa shape index (κ3) is 1.31. The highest BCUT2D eigenvalue weighted by Crippen LogP contribution is 2.22. The molecule has 2 aromatic rings. The molecule has 1 aromatic carbocycles. The Labute approximate surface area is 81.3 Å². The van der Waals surface area contributed by atoms with Crippen LogP contribution in [0.3, 0.4) is 0 Å². The lowest BCUT2D eigenvalue weighted by atomic mass is 10.2. The van der Waals surface area contributed by atoms with Gasteiger partial charge < -0.3 is 9.63 Å². The maximum atomic E-state index is 10.6. The smallest absolute Gasteiger partial charge is 0.375 e. The van der Waals surface area contributed by atoms with Crippen LogP contribution in [0.2, 0.25) is 0 Å². The van der Waals surface area contributed by atoms with Gasteiger partial charge in [0.05, 0.1) is 5.39 Å². The Morgan fingerprint density at radius 2 is 2.31 bits per heavy atom. The van der Waals surface area contributed by atoms with Crippen molar-refractivity contribution in [1.82, 2.24) is 5.16 Å². The van der Waals surface area contributed by atoms with E-state index < -0.39 is 5.97 Å². The summed E-state index contributed by atoms with van der Waals surface area (Å²) in [5, 5.41) is 12.8. The number of hydrogen-bond donors (Lipinski definition) is 1. The van der Waals surface area contributed by atoms with Gasteiger partial charge in [0.1, 0.15) is 5.52 Å². The number of carboxylic acid groups (broad SMARTS) is 1. The molecule has 13 heavy (non-hydrogen) atoms. The summed E-state index contributed by atoms with van der Waals surface area (Å²) < 4.78 is 5.46. The maximum absolute atomic E-state index is 10.6. The average molecular weight is 242 g/mol. The van der Waals surface area contributed by atoms with Gasteiger partial charge in [-0.3, -0.25) is 0 Å². The zero-order valence-corrected chi connectivity index (χ0v) is 7.91. The van der Waals surface area contributed by atoms with Gasteiger partial charge in [0.2, 0.25) is 0 Å². The van der Waals surface area contributed by atoms with Gasteiger partial charge in [-0.1, -0.05) is 21.1 Å². The van der Waals surface area contributed by atoms with Crippen molar-refractivity contribution in [2.75, 3.05) is 0 Å². The highest BCUT2D eigenvalue weighted by molar-refractivity contribution is 9.10. The number of benzene rings is 1. The molecule has 0 atom stereocenters. The zero-order chi connectivity index (χ0) is 9.42. The van der Waals surface area contributed by atoms with E-state index >= 15 is 0 Å². The molecular weight excluding hydrogens is 238 g/mol. The lowest BCUT2D eigenvalue weighted by Crippen LogP contribution is -1.93. The Bertz CT molecular complexity index is 477. The Morgan fingerprint density at radius 1 is 1.54 bits per heavy atom. The van der Waals surface area contributed by atoms with Crippen molar-refractivity contribution in [2.45, 2.75) is 0 Å². The number of hydrogen-bond acceptors (Lipinski definition) is 3. The van der Waals surface area contributed by atoms with Crippen molar-refractivity contribution in [1.29, 1.82) is 0 Å². The van der Waals surface area contributed by atoms with Crippen LogP contribution in [-0.4, -0.2) is 16.2 Å². The van der Waals surface area contributed by atoms with Crippen molar-refractivity contribution in [2.24, 2.45) is 0 Å². The van der Waals surface area contributed by atoms with Crippen molar-refractivity contribution < 1.29 is 14.4 Å². The summed E-state index contributed by atoms with van der Waals surface area (Å²) in [4.78, 5) is 10.6. The van der Waals surface area contributed by atoms with Crippen LogP contribution in [-0.2, 0) is 0 Å². The third-order valence-corrected chi connectivity index (χ3v) is 2.13. The molecule has 0 bridgehead atoms. The number of rotatable bonds is 1. The molecule has 0 saturated heterocycles. The summed E-state index contributed by atoms with van der Waals surface area (Å²) in [5.74, 6) is -1.24. The first-order chi connectivity index (χ1) is 6.18. The van der Waals surface area contributed by atoms with Gasteiger partial charge in [-0.2, -0.15) is 0 Å². The van der Waals surface area contributed by atoms with E-state index in [1.54, 1.807) is 18.2 Å². The Hall–Kier alpha value is -1.36. The second kappa shape index (κ2) is 2.85. The van der Waals surface area contributed by atoms with Crippen LogP contribution in [0.5, 0.6) is 0 Å². The molecule has 0 spiro atoms. The highest BCUT2D eigenvalue weighted by Gasteiger charge is 2.14. The standard InChI is InChI=1S/C8H4BrNO3/c9-4-1-2-6-5(3-4)7(8(11)12)13-10-6/h1-3H,(H,11,12). The fraction of sp³-hybridized carbons (Fsp3) is 0. The molecular formula is C8H4BrNO3. The summed E-state index contributed by atoms with van der Waals surface area (Å²) in [6, 6.07) is 5.13. The van der Waals surface area contributed by atoms with Crippen LogP contribution in [0.15, 0.2) is 27.2 Å². The number of nitrogens with zero attached hydrogens (tertiary/aromatic N) is 1. The second-order valence-electron chi connectivity index (χ2n) is 2.48. The molecule has 5 heteroatoms. The van der Waals surface area contributed by atoms with Gasteiger partial charge in [-0.15, -0.1) is 0 Å². The summed E-state index contributed by atoms with van der Waals surface area (Å²) in [7, 11) is 0. The second-order valence-corrected chi connectivity index (χ2v) is 3.39. The number of carboxylic acids is 1. The number of aromatic carboxylic acids is 1. The Kier molecular flexibility index (Phi) is 1.81. The molecule has 0 fully saturated rings. The largest absolute Gasteiger partial charge is 0.475 e. The van der Waals surface area contributed by atoms with Crippen LogP contribution in [0, 0.1) is 0 Å². The molecule has 0 saturated carbocycles. The van der Waals surface area contributed by atoms with E-state index in [9.17, 15) is 4.79 Å². The topological polar surface area (TPSA) is 63.3 Å². The molecule has 0 aliphatic heterocycles. The number of halogens is 1. The van der Waals surface area contributed by atoms with Gasteiger partial charge in [0, 0.05) is 4.47 Å². The fourth-order valence-electron chi connectivity index (χ4n) is 1.07. The quantitative estimate of drug-likeness (QED) is 0.833. The monoisotopic (exact) mass is 241 g/mol. The Morgan fingerprint density at radius 3 is 3.00 bits per heavy atom. The lowest BCUT2D eigenvalue weighted by molar-refractivity contribution is 0.0655. The minimum atomic E-state index is -1.11. The first-order valence-electron chi connectivity index (χ1n) is 3.47. The number of fused-ring (bicyclic) bond motifs is 1. The van der Waals surface area contributed by atoms with Gasteiger partial charge in [0.25, 0.3) is 5.76 Å². The highest BCUT2D eigenvalue weighted by atomic mass is 79.9. The number of carbonyl (C=O) groups is 1.